The molecule has 1 amide bonds. The van der Waals surface area contributed by atoms with Gasteiger partial charge in [0.1, 0.15) is 5.65 Å². The van der Waals surface area contributed by atoms with Crippen molar-refractivity contribution in [1.29, 1.82) is 0 Å². The fraction of sp³-hybridized carbons (Fsp3) is 0.348. The summed E-state index contributed by atoms with van der Waals surface area (Å²) in [7, 11) is 0. The second kappa shape index (κ2) is 7.29. The van der Waals surface area contributed by atoms with Crippen molar-refractivity contribution >= 4 is 28.0 Å². The number of amides is 1. The third-order valence-electron chi connectivity index (χ3n) is 6.68. The average molecular weight is 446 g/mol. The monoisotopic (exact) mass is 446 g/mol. The Morgan fingerprint density at radius 3 is 2.36 bits per heavy atom. The molecule has 0 bridgehead atoms. The minimum absolute atomic E-state index is 0.00301. The van der Waals surface area contributed by atoms with E-state index in [0.29, 0.717) is 37.1 Å². The molecule has 10 heteroatoms. The third kappa shape index (κ3) is 3.21. The summed E-state index contributed by atoms with van der Waals surface area (Å²) >= 11 is 0. The van der Waals surface area contributed by atoms with E-state index in [2.05, 4.69) is 15.0 Å². The first-order valence-corrected chi connectivity index (χ1v) is 11.1. The van der Waals surface area contributed by atoms with Crippen LogP contribution in [0.1, 0.15) is 48.1 Å². The number of aromatic nitrogens is 5. The normalized spacial score (nSPS) is 17.2. The lowest BCUT2D eigenvalue weighted by Gasteiger charge is -2.32. The van der Waals surface area contributed by atoms with E-state index in [9.17, 15) is 19.2 Å². The molecule has 168 valence electrons. The summed E-state index contributed by atoms with van der Waals surface area (Å²) in [4.78, 5) is 61.5. The highest BCUT2D eigenvalue weighted by Crippen LogP contribution is 2.34. The predicted molar refractivity (Wildman–Crippen MR) is 122 cm³/mol. The van der Waals surface area contributed by atoms with E-state index in [0.717, 1.165) is 23.9 Å². The van der Waals surface area contributed by atoms with Crippen LogP contribution in [0.25, 0.3) is 22.1 Å². The molecule has 1 saturated carbocycles. The van der Waals surface area contributed by atoms with Crippen LogP contribution in [0, 0.1) is 0 Å². The molecule has 1 aromatic carbocycles. The molecule has 2 aliphatic rings. The number of carbonyl (C=O) groups excluding carboxylic acids is 1. The Morgan fingerprint density at radius 2 is 1.61 bits per heavy atom. The zero-order chi connectivity index (χ0) is 22.7. The number of para-hydroxylation sites is 2. The van der Waals surface area contributed by atoms with Crippen LogP contribution in [-0.4, -0.2) is 48.0 Å². The number of pyridine rings is 1. The minimum atomic E-state index is -0.536. The van der Waals surface area contributed by atoms with Crippen molar-refractivity contribution in [3.63, 3.8) is 0 Å². The second-order valence-electron chi connectivity index (χ2n) is 8.80. The molecule has 1 saturated heterocycles. The van der Waals surface area contributed by atoms with Crippen LogP contribution < -0.4 is 16.9 Å². The van der Waals surface area contributed by atoms with E-state index in [1.165, 1.54) is 16.8 Å². The molecule has 2 fully saturated rings. The SMILES string of the molecule is O=C(c1cnc2c(c1)c(=O)[nH]c(=O)n2C1CC1)N1CCC(n2c(=O)[nH]c3ccccc32)CC1. The van der Waals surface area contributed by atoms with E-state index in [-0.39, 0.29) is 29.1 Å². The number of nitrogens with one attached hydrogen (secondary N) is 2. The van der Waals surface area contributed by atoms with Crippen LogP contribution >= 0.6 is 0 Å². The number of nitrogens with zero attached hydrogens (tertiary/aromatic N) is 4. The first kappa shape index (κ1) is 19.7. The highest BCUT2D eigenvalue weighted by atomic mass is 16.2. The number of H-pyrrole nitrogens is 2. The van der Waals surface area contributed by atoms with Crippen molar-refractivity contribution in [3.8, 4) is 0 Å². The number of carbonyl (C=O) groups is 1. The summed E-state index contributed by atoms with van der Waals surface area (Å²) in [6.07, 6.45) is 4.49. The highest BCUT2D eigenvalue weighted by molar-refractivity contribution is 5.96. The van der Waals surface area contributed by atoms with E-state index in [1.807, 2.05) is 24.3 Å². The van der Waals surface area contributed by atoms with Gasteiger partial charge in [-0.05, 0) is 43.9 Å². The number of aromatic amines is 2. The van der Waals surface area contributed by atoms with Gasteiger partial charge in [0.25, 0.3) is 11.5 Å². The summed E-state index contributed by atoms with van der Waals surface area (Å²) in [6, 6.07) is 9.17. The average Bonchev–Trinajstić information content (AvgIpc) is 3.59. The fourth-order valence-corrected chi connectivity index (χ4v) is 4.87. The Bertz CT molecular complexity index is 1580. The molecule has 0 unspecified atom stereocenters. The lowest BCUT2D eigenvalue weighted by Crippen LogP contribution is -2.40. The van der Waals surface area contributed by atoms with Crippen molar-refractivity contribution in [1.82, 2.24) is 29.0 Å². The van der Waals surface area contributed by atoms with Crippen molar-refractivity contribution in [2.75, 3.05) is 13.1 Å². The number of rotatable bonds is 3. The van der Waals surface area contributed by atoms with Crippen LogP contribution in [0.5, 0.6) is 0 Å². The van der Waals surface area contributed by atoms with Crippen LogP contribution in [0.2, 0.25) is 0 Å². The van der Waals surface area contributed by atoms with Gasteiger partial charge in [-0.25, -0.2) is 14.6 Å². The standard InChI is InChI=1S/C23H22N6O4/c30-20-16-11-13(12-24-19(16)29(14-5-6-14)23(33)26-20)21(31)27-9-7-15(8-10-27)28-18-4-2-1-3-17(18)25-22(28)32/h1-4,11-12,14-15H,5-10H2,(H,25,32)(H,26,30,33). The molecule has 0 atom stereocenters. The number of piperidine rings is 1. The van der Waals surface area contributed by atoms with Crippen molar-refractivity contribution < 1.29 is 4.79 Å². The van der Waals surface area contributed by atoms with Gasteiger partial charge < -0.3 is 9.88 Å². The zero-order valence-corrected chi connectivity index (χ0v) is 17.8. The maximum Gasteiger partial charge on any atom is 0.330 e. The quantitative estimate of drug-likeness (QED) is 0.494. The molecule has 0 spiro atoms. The predicted octanol–water partition coefficient (Wildman–Crippen LogP) is 1.54. The van der Waals surface area contributed by atoms with Gasteiger partial charge in [0.05, 0.1) is 22.0 Å². The molecule has 10 nitrogen and oxygen atoms in total. The number of benzene rings is 1. The summed E-state index contributed by atoms with van der Waals surface area (Å²) in [6.45, 7) is 0.983. The van der Waals surface area contributed by atoms with Gasteiger partial charge in [-0.15, -0.1) is 0 Å². The first-order chi connectivity index (χ1) is 16.0. The van der Waals surface area contributed by atoms with Crippen molar-refractivity contribution in [2.45, 2.75) is 37.8 Å². The number of hydrogen-bond acceptors (Lipinski definition) is 5. The molecule has 1 aliphatic carbocycles. The Balaban J connectivity index is 1.26. The molecular weight excluding hydrogens is 424 g/mol. The maximum absolute atomic E-state index is 13.2. The molecular formula is C23H22N6O4. The van der Waals surface area contributed by atoms with Gasteiger partial charge >= 0.3 is 11.4 Å². The van der Waals surface area contributed by atoms with Gasteiger partial charge in [0.2, 0.25) is 0 Å². The van der Waals surface area contributed by atoms with Crippen LogP contribution in [0.15, 0.2) is 50.9 Å². The van der Waals surface area contributed by atoms with Gasteiger partial charge in [-0.1, -0.05) is 12.1 Å². The van der Waals surface area contributed by atoms with E-state index < -0.39 is 11.2 Å². The number of likely N-dealkylation sites (tertiary alicyclic amines) is 1. The van der Waals surface area contributed by atoms with E-state index >= 15 is 0 Å². The van der Waals surface area contributed by atoms with Crippen LogP contribution in [-0.2, 0) is 0 Å². The fourth-order valence-electron chi connectivity index (χ4n) is 4.87. The van der Waals surface area contributed by atoms with E-state index in [4.69, 9.17) is 0 Å². The molecule has 4 aromatic rings. The summed E-state index contributed by atoms with van der Waals surface area (Å²) in [5, 5.41) is 0.243. The van der Waals surface area contributed by atoms with Crippen LogP contribution in [0.3, 0.4) is 0 Å². The Kier molecular flexibility index (Phi) is 4.36. The molecule has 3 aromatic heterocycles. The van der Waals surface area contributed by atoms with Gasteiger partial charge in [0.15, 0.2) is 0 Å². The summed E-state index contributed by atoms with van der Waals surface area (Å²) in [5.41, 5.74) is 1.17. The van der Waals surface area contributed by atoms with E-state index in [1.54, 1.807) is 9.47 Å². The Morgan fingerprint density at radius 1 is 0.909 bits per heavy atom. The van der Waals surface area contributed by atoms with Crippen LogP contribution in [0.4, 0.5) is 0 Å². The largest absolute Gasteiger partial charge is 0.338 e. The molecule has 33 heavy (non-hydrogen) atoms. The highest BCUT2D eigenvalue weighted by Gasteiger charge is 2.29. The molecule has 4 heterocycles. The number of fused-ring (bicyclic) bond motifs is 2. The molecule has 6 rings (SSSR count). The first-order valence-electron chi connectivity index (χ1n) is 11.1. The minimum Gasteiger partial charge on any atom is -0.338 e. The van der Waals surface area contributed by atoms with Gasteiger partial charge in [-0.3, -0.25) is 23.7 Å². The van der Waals surface area contributed by atoms with Crippen molar-refractivity contribution in [2.24, 2.45) is 0 Å². The Hall–Kier alpha value is -3.95. The smallest absolute Gasteiger partial charge is 0.330 e. The third-order valence-corrected chi connectivity index (χ3v) is 6.68. The summed E-state index contributed by atoms with van der Waals surface area (Å²) < 4.78 is 3.29. The maximum atomic E-state index is 13.2. The van der Waals surface area contributed by atoms with Gasteiger partial charge in [-0.2, -0.15) is 0 Å². The van der Waals surface area contributed by atoms with Crippen molar-refractivity contribution in [3.05, 3.63) is 73.4 Å². The lowest BCUT2D eigenvalue weighted by molar-refractivity contribution is 0.0695. The Labute approximate surface area is 186 Å². The summed E-state index contributed by atoms with van der Waals surface area (Å²) in [5.74, 6) is -0.210. The zero-order valence-electron chi connectivity index (χ0n) is 17.8. The lowest BCUT2D eigenvalue weighted by atomic mass is 10.0. The van der Waals surface area contributed by atoms with Gasteiger partial charge in [0, 0.05) is 31.4 Å². The number of hydrogen-bond donors (Lipinski definition) is 2. The topological polar surface area (TPSA) is 126 Å². The molecule has 2 N–H and O–H groups in total. The second-order valence-corrected chi connectivity index (χ2v) is 8.80. The molecule has 0 radical (unpaired) electrons. The molecule has 1 aliphatic heterocycles. The number of imidazole rings is 1.